The minimum atomic E-state index is -4.64. The molecule has 2 amide bonds. The van der Waals surface area contributed by atoms with Gasteiger partial charge in [0.15, 0.2) is 5.01 Å². The van der Waals surface area contributed by atoms with E-state index in [2.05, 4.69) is 15.3 Å². The van der Waals surface area contributed by atoms with Crippen LogP contribution in [0.25, 0.3) is 10.4 Å². The number of hydrogen-bond donors (Lipinski definition) is 2. The maximum atomic E-state index is 14.2. The van der Waals surface area contributed by atoms with Crippen molar-refractivity contribution >= 4 is 39.0 Å². The van der Waals surface area contributed by atoms with Crippen LogP contribution in [-0.4, -0.2) is 89.6 Å². The van der Waals surface area contributed by atoms with E-state index in [1.807, 2.05) is 12.2 Å². The highest BCUT2D eigenvalue weighted by Crippen LogP contribution is 2.39. The number of thiazole rings is 1. The molecule has 17 heteroatoms. The third kappa shape index (κ3) is 6.35. The van der Waals surface area contributed by atoms with Crippen molar-refractivity contribution < 1.29 is 40.0 Å². The first-order chi connectivity index (χ1) is 18.6. The monoisotopic (exact) mass is 610 g/mol. The second-order valence-corrected chi connectivity index (χ2v) is 12.8. The molecule has 0 aromatic carbocycles. The van der Waals surface area contributed by atoms with Gasteiger partial charge in [0.05, 0.1) is 17.2 Å². The van der Waals surface area contributed by atoms with Crippen molar-refractivity contribution in [2.45, 2.75) is 57.4 Å². The van der Waals surface area contributed by atoms with E-state index in [0.29, 0.717) is 17.9 Å². The zero-order valence-electron chi connectivity index (χ0n) is 21.6. The molecule has 2 aliphatic heterocycles. The van der Waals surface area contributed by atoms with Gasteiger partial charge in [0.1, 0.15) is 17.6 Å². The second kappa shape index (κ2) is 11.2. The summed E-state index contributed by atoms with van der Waals surface area (Å²) in [6, 6.07) is -1.94. The summed E-state index contributed by atoms with van der Waals surface area (Å²) < 4.78 is 91.6. The molecule has 4 rings (SSSR count). The molecule has 0 bridgehead atoms. The van der Waals surface area contributed by atoms with Crippen LogP contribution >= 0.6 is 11.3 Å². The lowest BCUT2D eigenvalue weighted by Gasteiger charge is -2.37. The van der Waals surface area contributed by atoms with E-state index in [4.69, 9.17) is 0 Å². The van der Waals surface area contributed by atoms with Crippen LogP contribution in [0.3, 0.4) is 0 Å². The van der Waals surface area contributed by atoms with Gasteiger partial charge in [0.2, 0.25) is 10.0 Å². The van der Waals surface area contributed by atoms with Crippen LogP contribution in [-0.2, 0) is 10.0 Å². The van der Waals surface area contributed by atoms with Crippen LogP contribution in [0.2, 0.25) is 0 Å². The van der Waals surface area contributed by atoms with Crippen molar-refractivity contribution in [3.8, 4) is 10.4 Å². The fourth-order valence-electron chi connectivity index (χ4n) is 4.39. The first kappa shape index (κ1) is 30.0. The average molecular weight is 611 g/mol. The fraction of sp³-hybridized carbons (Fsp3) is 0.565. The van der Waals surface area contributed by atoms with Crippen molar-refractivity contribution in [3.05, 3.63) is 28.5 Å². The topological polar surface area (TPSA) is 125 Å². The number of alkyl halides is 5. The highest BCUT2D eigenvalue weighted by Gasteiger charge is 2.38. The molecule has 40 heavy (non-hydrogen) atoms. The van der Waals surface area contributed by atoms with E-state index >= 15 is 0 Å². The minimum absolute atomic E-state index is 0.0458. The molecule has 220 valence electrons. The Balaban J connectivity index is 1.69. The molecule has 2 N–H and O–H groups in total. The van der Waals surface area contributed by atoms with Crippen molar-refractivity contribution in [1.29, 1.82) is 0 Å². The maximum Gasteiger partial charge on any atom is 0.408 e. The molecule has 0 spiro atoms. The van der Waals surface area contributed by atoms with Gasteiger partial charge in [-0.25, -0.2) is 27.2 Å². The van der Waals surface area contributed by atoms with Crippen LogP contribution in [0.5, 0.6) is 0 Å². The Labute approximate surface area is 231 Å². The minimum Gasteiger partial charge on any atom is -0.359 e. The molecule has 2 fully saturated rings. The van der Waals surface area contributed by atoms with E-state index in [-0.39, 0.29) is 40.3 Å². The van der Waals surface area contributed by atoms with Crippen molar-refractivity contribution in [3.63, 3.8) is 0 Å². The lowest BCUT2D eigenvalue weighted by atomic mass is 10.1. The van der Waals surface area contributed by atoms with Crippen LogP contribution in [0, 0.1) is 0 Å². The van der Waals surface area contributed by atoms with Gasteiger partial charge in [-0.05, 0) is 32.8 Å². The normalized spacial score (nSPS) is 19.5. The number of likely N-dealkylation sites (tertiary alicyclic amines) is 1. The summed E-state index contributed by atoms with van der Waals surface area (Å²) >= 11 is 0.671. The zero-order chi connectivity index (χ0) is 29.6. The average Bonchev–Trinajstić information content (AvgIpc) is 3.45. The van der Waals surface area contributed by atoms with E-state index in [0.717, 1.165) is 42.6 Å². The zero-order valence-corrected chi connectivity index (χ0v) is 23.3. The summed E-state index contributed by atoms with van der Waals surface area (Å²) in [5.74, 6) is -1.73. The Bertz CT molecular complexity index is 1390. The number of carbonyl (C=O) groups is 2. The standard InChI is InChI=1S/C23H27F5N6O4S2/c1-11-5-4-6-34(11)22(36)17-18(39-21(32-17)20(35)31-13-9-33(10-13)40(3,37)38)15-8-29-16(7-14(15)19(24)25)30-12(2)23(26,27)28/h7-8,11-13,19H,4-6,9-10H2,1-3H3,(H,29,30)(H,31,35)/t11-,12?/m0/s1. The number of nitrogens with zero attached hydrogens (tertiary/aromatic N) is 4. The quantitative estimate of drug-likeness (QED) is 0.439. The summed E-state index contributed by atoms with van der Waals surface area (Å²) in [4.78, 5) is 35.9. The van der Waals surface area contributed by atoms with E-state index in [9.17, 15) is 40.0 Å². The van der Waals surface area contributed by atoms with Crippen molar-refractivity contribution in [1.82, 2.24) is 24.5 Å². The van der Waals surface area contributed by atoms with E-state index in [1.165, 1.54) is 4.90 Å². The second-order valence-electron chi connectivity index (χ2n) is 9.80. The third-order valence-electron chi connectivity index (χ3n) is 6.76. The van der Waals surface area contributed by atoms with Crippen LogP contribution in [0.1, 0.15) is 59.0 Å². The smallest absolute Gasteiger partial charge is 0.359 e. The van der Waals surface area contributed by atoms with Gasteiger partial charge < -0.3 is 15.5 Å². The number of nitrogens with one attached hydrogen (secondary N) is 2. The highest BCUT2D eigenvalue weighted by molar-refractivity contribution is 7.88. The highest BCUT2D eigenvalue weighted by atomic mass is 32.2. The maximum absolute atomic E-state index is 14.2. The number of sulfonamides is 1. The largest absolute Gasteiger partial charge is 0.408 e. The molecular formula is C23H27F5N6O4S2. The van der Waals surface area contributed by atoms with Gasteiger partial charge in [0, 0.05) is 43.0 Å². The van der Waals surface area contributed by atoms with E-state index in [1.54, 1.807) is 0 Å². The van der Waals surface area contributed by atoms with Crippen LogP contribution in [0.4, 0.5) is 27.8 Å². The number of hydrogen-bond acceptors (Lipinski definition) is 8. The fourth-order valence-corrected chi connectivity index (χ4v) is 6.28. The van der Waals surface area contributed by atoms with Gasteiger partial charge in [0.25, 0.3) is 18.2 Å². The molecule has 2 atom stereocenters. The number of rotatable bonds is 8. The molecule has 0 aliphatic carbocycles. The van der Waals surface area contributed by atoms with Gasteiger partial charge >= 0.3 is 6.18 Å². The number of carbonyl (C=O) groups excluding carboxylic acids is 2. The molecular weight excluding hydrogens is 583 g/mol. The summed E-state index contributed by atoms with van der Waals surface area (Å²) in [5.41, 5.74) is -1.17. The molecule has 0 saturated carbocycles. The van der Waals surface area contributed by atoms with Crippen LogP contribution < -0.4 is 10.6 Å². The van der Waals surface area contributed by atoms with Gasteiger partial charge in [-0.3, -0.25) is 9.59 Å². The SMILES string of the molecule is CC(Nc1cc(C(F)F)c(-c2sc(C(=O)NC3CN(S(C)(=O)=O)C3)nc2C(=O)N2CCC[C@@H]2C)cn1)C(F)(F)F. The molecule has 0 radical (unpaired) electrons. The van der Waals surface area contributed by atoms with Crippen molar-refractivity contribution in [2.24, 2.45) is 0 Å². The molecule has 2 aliphatic rings. The first-order valence-corrected chi connectivity index (χ1v) is 14.9. The molecule has 1 unspecified atom stereocenters. The van der Waals surface area contributed by atoms with Gasteiger partial charge in [-0.1, -0.05) is 0 Å². The Hall–Kier alpha value is -2.92. The van der Waals surface area contributed by atoms with E-state index < -0.39 is 57.9 Å². The molecule has 2 aromatic heterocycles. The predicted octanol–water partition coefficient (Wildman–Crippen LogP) is 3.50. The molecule has 2 aromatic rings. The number of halogens is 5. The Morgan fingerprint density at radius 2 is 1.90 bits per heavy atom. The number of amides is 2. The lowest BCUT2D eigenvalue weighted by Crippen LogP contribution is -2.60. The Kier molecular flexibility index (Phi) is 8.38. The Morgan fingerprint density at radius 3 is 2.45 bits per heavy atom. The molecule has 4 heterocycles. The van der Waals surface area contributed by atoms with Gasteiger partial charge in [-0.2, -0.15) is 17.5 Å². The first-order valence-electron chi connectivity index (χ1n) is 12.3. The van der Waals surface area contributed by atoms with Crippen molar-refractivity contribution in [2.75, 3.05) is 31.2 Å². The predicted molar refractivity (Wildman–Crippen MR) is 137 cm³/mol. The molecule has 2 saturated heterocycles. The summed E-state index contributed by atoms with van der Waals surface area (Å²) in [5, 5.41) is 4.46. The Morgan fingerprint density at radius 1 is 1.23 bits per heavy atom. The van der Waals surface area contributed by atoms with Crippen LogP contribution in [0.15, 0.2) is 12.3 Å². The number of pyridine rings is 1. The summed E-state index contributed by atoms with van der Waals surface area (Å²) in [6.07, 6.45) is -4.38. The number of anilines is 1. The lowest BCUT2D eigenvalue weighted by molar-refractivity contribution is -0.138. The number of aromatic nitrogens is 2. The summed E-state index contributed by atoms with van der Waals surface area (Å²) in [7, 11) is -3.42. The molecule has 10 nitrogen and oxygen atoms in total. The van der Waals surface area contributed by atoms with Gasteiger partial charge in [-0.15, -0.1) is 11.3 Å². The summed E-state index contributed by atoms with van der Waals surface area (Å²) in [6.45, 7) is 3.13. The third-order valence-corrected chi connectivity index (χ3v) is 9.08.